The molecule has 1 aliphatic heterocycles. The van der Waals surface area contributed by atoms with Crippen molar-refractivity contribution in [1.82, 2.24) is 4.90 Å². The molecule has 2 aromatic carbocycles. The number of aldehydes is 1. The van der Waals surface area contributed by atoms with Gasteiger partial charge in [0, 0.05) is 30.5 Å². The van der Waals surface area contributed by atoms with Gasteiger partial charge >= 0.3 is 0 Å². The average molecular weight is 341 g/mol. The number of phenolic OH excluding ortho intramolecular Hbond substituents is 2. The molecule has 2 atom stereocenters. The van der Waals surface area contributed by atoms with Gasteiger partial charge in [0.1, 0.15) is 29.6 Å². The first-order valence-corrected chi connectivity index (χ1v) is 8.39. The van der Waals surface area contributed by atoms with Crippen LogP contribution < -0.4 is 4.74 Å². The third-order valence-electron chi connectivity index (χ3n) is 4.61. The van der Waals surface area contributed by atoms with Crippen LogP contribution in [-0.2, 0) is 11.2 Å². The Labute approximate surface area is 147 Å². The third-order valence-corrected chi connectivity index (χ3v) is 4.61. The van der Waals surface area contributed by atoms with Crippen LogP contribution in [0.4, 0.5) is 0 Å². The van der Waals surface area contributed by atoms with Crippen molar-refractivity contribution in [3.8, 4) is 17.2 Å². The summed E-state index contributed by atoms with van der Waals surface area (Å²) in [6.07, 6.45) is 1.91. The fraction of sp³-hybridized carbons (Fsp3) is 0.350. The van der Waals surface area contributed by atoms with E-state index >= 15 is 0 Å². The number of carbonyl (C=O) groups excluding carboxylic acids is 1. The summed E-state index contributed by atoms with van der Waals surface area (Å²) >= 11 is 0. The highest BCUT2D eigenvalue weighted by Gasteiger charge is 2.30. The number of likely N-dealkylation sites (N-methyl/N-ethyl adjacent to an activating group) is 1. The lowest BCUT2D eigenvalue weighted by atomic mass is 9.87. The van der Waals surface area contributed by atoms with Gasteiger partial charge in [-0.15, -0.1) is 0 Å². The van der Waals surface area contributed by atoms with Crippen LogP contribution >= 0.6 is 0 Å². The van der Waals surface area contributed by atoms with Gasteiger partial charge in [-0.1, -0.05) is 12.1 Å². The van der Waals surface area contributed by atoms with Gasteiger partial charge in [-0.25, -0.2) is 0 Å². The lowest BCUT2D eigenvalue weighted by molar-refractivity contribution is -0.110. The molecule has 0 spiro atoms. The summed E-state index contributed by atoms with van der Waals surface area (Å²) in [7, 11) is 3.96. The number of aromatic hydroxyl groups is 2. The number of nitrogens with zero attached hydrogens (tertiary/aromatic N) is 1. The van der Waals surface area contributed by atoms with Crippen molar-refractivity contribution in [2.24, 2.45) is 0 Å². The summed E-state index contributed by atoms with van der Waals surface area (Å²) < 4.78 is 6.04. The first-order chi connectivity index (χ1) is 12.0. The predicted molar refractivity (Wildman–Crippen MR) is 95.3 cm³/mol. The average Bonchev–Trinajstić information content (AvgIpc) is 2.59. The minimum atomic E-state index is -0.282. The van der Waals surface area contributed by atoms with Gasteiger partial charge in [-0.3, -0.25) is 0 Å². The van der Waals surface area contributed by atoms with Crippen LogP contribution in [0.15, 0.2) is 36.4 Å². The van der Waals surface area contributed by atoms with Crippen LogP contribution in [0.3, 0.4) is 0 Å². The second-order valence-electron chi connectivity index (χ2n) is 6.75. The summed E-state index contributed by atoms with van der Waals surface area (Å²) in [6, 6.07) is 10.3. The van der Waals surface area contributed by atoms with E-state index in [-0.39, 0.29) is 23.5 Å². The Morgan fingerprint density at radius 3 is 2.56 bits per heavy atom. The van der Waals surface area contributed by atoms with E-state index in [1.165, 1.54) is 0 Å². The molecule has 5 nitrogen and oxygen atoms in total. The molecular formula is C20H23NO4. The van der Waals surface area contributed by atoms with E-state index in [2.05, 4.69) is 0 Å². The van der Waals surface area contributed by atoms with Crippen LogP contribution in [0.5, 0.6) is 17.2 Å². The standard InChI is InChI=1S/C20H23NO4/c1-21(2)8-7-14-9-17-15(12-22)10-19(25-20(17)11-18(14)24)13-3-5-16(23)6-4-13/h3-6,9,11-12,15,19,23-24H,7-8,10H2,1-2H3. The molecule has 3 rings (SSSR count). The molecule has 2 N–H and O–H groups in total. The Hall–Kier alpha value is -2.53. The van der Waals surface area contributed by atoms with Crippen molar-refractivity contribution in [1.29, 1.82) is 0 Å². The van der Waals surface area contributed by atoms with Gasteiger partial charge < -0.3 is 24.6 Å². The zero-order valence-electron chi connectivity index (χ0n) is 14.5. The summed E-state index contributed by atoms with van der Waals surface area (Å²) in [6.45, 7) is 0.815. The number of fused-ring (bicyclic) bond motifs is 1. The maximum absolute atomic E-state index is 11.6. The highest BCUT2D eigenvalue weighted by atomic mass is 16.5. The fourth-order valence-electron chi connectivity index (χ4n) is 3.15. The van der Waals surface area contributed by atoms with Crippen LogP contribution in [0, 0.1) is 0 Å². The molecule has 2 unspecified atom stereocenters. The minimum absolute atomic E-state index is 0.190. The number of phenols is 2. The Bertz CT molecular complexity index is 755. The molecule has 2 aromatic rings. The summed E-state index contributed by atoms with van der Waals surface area (Å²) in [5, 5.41) is 19.7. The summed E-state index contributed by atoms with van der Waals surface area (Å²) in [5.74, 6) is 0.653. The third kappa shape index (κ3) is 3.77. The quantitative estimate of drug-likeness (QED) is 0.818. The van der Waals surface area contributed by atoms with E-state index in [1.807, 2.05) is 25.1 Å². The number of ether oxygens (including phenoxy) is 1. The van der Waals surface area contributed by atoms with E-state index in [1.54, 1.807) is 30.3 Å². The maximum Gasteiger partial charge on any atom is 0.127 e. The molecule has 132 valence electrons. The molecule has 0 amide bonds. The molecular weight excluding hydrogens is 318 g/mol. The van der Waals surface area contributed by atoms with Crippen molar-refractivity contribution < 1.29 is 19.7 Å². The van der Waals surface area contributed by atoms with Crippen molar-refractivity contribution >= 4 is 6.29 Å². The first kappa shape index (κ1) is 17.3. The van der Waals surface area contributed by atoms with Gasteiger partial charge in [-0.2, -0.15) is 0 Å². The molecule has 25 heavy (non-hydrogen) atoms. The predicted octanol–water partition coefficient (Wildman–Crippen LogP) is 3.01. The molecule has 0 saturated carbocycles. The number of carbonyl (C=O) groups is 1. The van der Waals surface area contributed by atoms with Gasteiger partial charge in [0.15, 0.2) is 0 Å². The second-order valence-corrected chi connectivity index (χ2v) is 6.75. The molecule has 1 aliphatic rings. The molecule has 0 aliphatic carbocycles. The number of hydrogen-bond acceptors (Lipinski definition) is 5. The van der Waals surface area contributed by atoms with Crippen LogP contribution in [0.1, 0.15) is 35.1 Å². The Kier molecular flexibility index (Phi) is 4.95. The van der Waals surface area contributed by atoms with Gasteiger partial charge in [-0.05, 0) is 49.8 Å². The molecule has 0 aromatic heterocycles. The second kappa shape index (κ2) is 7.15. The fourth-order valence-corrected chi connectivity index (χ4v) is 3.15. The normalized spacial score (nSPS) is 19.3. The minimum Gasteiger partial charge on any atom is -0.508 e. The van der Waals surface area contributed by atoms with E-state index in [0.717, 1.165) is 29.5 Å². The van der Waals surface area contributed by atoms with E-state index < -0.39 is 0 Å². The van der Waals surface area contributed by atoms with Gasteiger partial charge in [0.2, 0.25) is 0 Å². The smallest absolute Gasteiger partial charge is 0.127 e. The van der Waals surface area contributed by atoms with Gasteiger partial charge in [0.25, 0.3) is 0 Å². The van der Waals surface area contributed by atoms with Crippen molar-refractivity contribution in [3.05, 3.63) is 53.1 Å². The van der Waals surface area contributed by atoms with E-state index in [0.29, 0.717) is 18.6 Å². The van der Waals surface area contributed by atoms with Crippen LogP contribution in [0.25, 0.3) is 0 Å². The first-order valence-electron chi connectivity index (χ1n) is 8.39. The van der Waals surface area contributed by atoms with Crippen LogP contribution in [0.2, 0.25) is 0 Å². The van der Waals surface area contributed by atoms with Gasteiger partial charge in [0.05, 0.1) is 0 Å². The molecule has 0 radical (unpaired) electrons. The largest absolute Gasteiger partial charge is 0.508 e. The van der Waals surface area contributed by atoms with E-state index in [9.17, 15) is 15.0 Å². The molecule has 5 heteroatoms. The van der Waals surface area contributed by atoms with Crippen molar-refractivity contribution in [2.45, 2.75) is 24.9 Å². The zero-order valence-corrected chi connectivity index (χ0v) is 14.5. The highest BCUT2D eigenvalue weighted by Crippen LogP contribution is 2.44. The van der Waals surface area contributed by atoms with Crippen molar-refractivity contribution in [3.63, 3.8) is 0 Å². The summed E-state index contributed by atoms with van der Waals surface area (Å²) in [4.78, 5) is 13.7. The monoisotopic (exact) mass is 341 g/mol. The molecule has 1 heterocycles. The Morgan fingerprint density at radius 1 is 1.20 bits per heavy atom. The molecule has 0 bridgehead atoms. The highest BCUT2D eigenvalue weighted by molar-refractivity contribution is 5.67. The van der Waals surface area contributed by atoms with Crippen molar-refractivity contribution in [2.75, 3.05) is 20.6 Å². The lowest BCUT2D eigenvalue weighted by Crippen LogP contribution is -2.21. The maximum atomic E-state index is 11.6. The number of hydrogen-bond donors (Lipinski definition) is 2. The Morgan fingerprint density at radius 2 is 1.92 bits per heavy atom. The summed E-state index contributed by atoms with van der Waals surface area (Å²) in [5.41, 5.74) is 2.55. The number of benzene rings is 2. The van der Waals surface area contributed by atoms with Crippen LogP contribution in [-0.4, -0.2) is 42.0 Å². The topological polar surface area (TPSA) is 70.0 Å². The SMILES string of the molecule is CN(C)CCc1cc2c(cc1O)OC(c1ccc(O)cc1)CC2C=O. The zero-order chi connectivity index (χ0) is 18.0. The lowest BCUT2D eigenvalue weighted by Gasteiger charge is -2.31. The number of rotatable bonds is 5. The molecule has 0 fully saturated rings. The molecule has 0 saturated heterocycles. The van der Waals surface area contributed by atoms with E-state index in [4.69, 9.17) is 4.74 Å². The Balaban J connectivity index is 1.90.